The lowest BCUT2D eigenvalue weighted by Crippen LogP contribution is -2.46. The highest BCUT2D eigenvalue weighted by Gasteiger charge is 2.34. The van der Waals surface area contributed by atoms with Crippen LogP contribution in [0.15, 0.2) is 24.3 Å². The van der Waals surface area contributed by atoms with Crippen molar-refractivity contribution < 1.29 is 13.2 Å². The van der Waals surface area contributed by atoms with Gasteiger partial charge < -0.3 is 4.74 Å². The van der Waals surface area contributed by atoms with Gasteiger partial charge in [0.2, 0.25) is 0 Å². The highest BCUT2D eigenvalue weighted by Crippen LogP contribution is 2.31. The first-order valence-corrected chi connectivity index (χ1v) is 10.2. The third-order valence-corrected chi connectivity index (χ3v) is 6.91. The van der Waals surface area contributed by atoms with Gasteiger partial charge in [0.1, 0.15) is 5.75 Å². The Kier molecular flexibility index (Phi) is 6.66. The summed E-state index contributed by atoms with van der Waals surface area (Å²) in [5, 5.41) is 0. The van der Waals surface area contributed by atoms with Crippen molar-refractivity contribution in [2.45, 2.75) is 45.6 Å². The van der Waals surface area contributed by atoms with Gasteiger partial charge in [-0.25, -0.2) is 0 Å². The van der Waals surface area contributed by atoms with Crippen LogP contribution in [-0.4, -0.2) is 44.3 Å². The van der Waals surface area contributed by atoms with E-state index in [0.717, 1.165) is 37.0 Å². The topological polar surface area (TPSA) is 49.9 Å². The first-order chi connectivity index (χ1) is 11.4. The Bertz CT molecular complexity index is 625. The third kappa shape index (κ3) is 4.29. The van der Waals surface area contributed by atoms with Crippen LogP contribution in [0.4, 0.5) is 0 Å². The number of rotatable bonds is 7. The summed E-state index contributed by atoms with van der Waals surface area (Å²) in [5.74, 6) is 1.36. The summed E-state index contributed by atoms with van der Waals surface area (Å²) in [6.45, 7) is 5.50. The number of nitrogens with zero attached hydrogens (tertiary/aromatic N) is 2. The second-order valence-corrected chi connectivity index (χ2v) is 8.67. The summed E-state index contributed by atoms with van der Waals surface area (Å²) in [6.07, 6.45) is 3.57. The Balaban J connectivity index is 2.25. The lowest BCUT2D eigenvalue weighted by Gasteiger charge is -2.36. The molecule has 1 aliphatic rings. The molecule has 1 saturated heterocycles. The molecule has 0 amide bonds. The molecule has 1 atom stereocenters. The standard InChI is InChI=1S/C18H30N2O3S/c1-5-7-18(16-8-6-9-17(14-16)23-4)19(3)24(21,22)20-12-10-15(2)11-13-20/h6,8-9,14-15,18H,5,7,10-13H2,1-4H3. The molecule has 0 aliphatic carbocycles. The largest absolute Gasteiger partial charge is 0.497 e. The minimum atomic E-state index is -3.45. The second kappa shape index (κ2) is 8.32. The zero-order chi connectivity index (χ0) is 17.7. The molecule has 1 aromatic rings. The molecular formula is C18H30N2O3S. The molecule has 0 saturated carbocycles. The molecule has 0 N–H and O–H groups in total. The molecule has 0 spiro atoms. The van der Waals surface area contributed by atoms with E-state index in [1.165, 1.54) is 0 Å². The van der Waals surface area contributed by atoms with E-state index in [-0.39, 0.29) is 6.04 Å². The lowest BCUT2D eigenvalue weighted by atomic mass is 10.0. The Morgan fingerprint density at radius 2 is 2.00 bits per heavy atom. The predicted octanol–water partition coefficient (Wildman–Crippen LogP) is 3.44. The van der Waals surface area contributed by atoms with Gasteiger partial charge >= 0.3 is 0 Å². The molecule has 1 aromatic carbocycles. The first kappa shape index (κ1) is 19.2. The van der Waals surface area contributed by atoms with Crippen LogP contribution in [0.25, 0.3) is 0 Å². The Labute approximate surface area is 146 Å². The number of piperidine rings is 1. The highest BCUT2D eigenvalue weighted by atomic mass is 32.2. The van der Waals surface area contributed by atoms with Crippen molar-refractivity contribution in [1.82, 2.24) is 8.61 Å². The average molecular weight is 355 g/mol. The summed E-state index contributed by atoms with van der Waals surface area (Å²) in [6, 6.07) is 7.54. The fourth-order valence-electron chi connectivity index (χ4n) is 3.24. The van der Waals surface area contributed by atoms with Gasteiger partial charge in [0.25, 0.3) is 10.2 Å². The molecule has 0 radical (unpaired) electrons. The van der Waals surface area contributed by atoms with Gasteiger partial charge in [0.15, 0.2) is 0 Å². The Morgan fingerprint density at radius 1 is 1.33 bits per heavy atom. The van der Waals surface area contributed by atoms with Gasteiger partial charge in [-0.15, -0.1) is 0 Å². The molecule has 5 nitrogen and oxygen atoms in total. The van der Waals surface area contributed by atoms with Crippen LogP contribution in [0.5, 0.6) is 5.75 Å². The minimum absolute atomic E-state index is 0.172. The number of ether oxygens (including phenoxy) is 1. The Morgan fingerprint density at radius 3 is 2.58 bits per heavy atom. The van der Waals surface area contributed by atoms with Gasteiger partial charge in [-0.05, 0) is 42.9 Å². The number of hydrogen-bond acceptors (Lipinski definition) is 3. The maximum Gasteiger partial charge on any atom is 0.282 e. The first-order valence-electron chi connectivity index (χ1n) is 8.77. The quantitative estimate of drug-likeness (QED) is 0.753. The molecule has 24 heavy (non-hydrogen) atoms. The summed E-state index contributed by atoms with van der Waals surface area (Å²) in [7, 11) is -0.119. The number of benzene rings is 1. The van der Waals surface area contributed by atoms with E-state index >= 15 is 0 Å². The van der Waals surface area contributed by atoms with Gasteiger partial charge in [-0.3, -0.25) is 0 Å². The zero-order valence-corrected chi connectivity index (χ0v) is 16.1. The van der Waals surface area contributed by atoms with E-state index in [0.29, 0.717) is 19.0 Å². The molecule has 136 valence electrons. The monoisotopic (exact) mass is 354 g/mol. The normalized spacial score (nSPS) is 18.7. The van der Waals surface area contributed by atoms with Crippen LogP contribution < -0.4 is 4.74 Å². The summed E-state index contributed by atoms with van der Waals surface area (Å²) >= 11 is 0. The van der Waals surface area contributed by atoms with E-state index in [1.807, 2.05) is 24.3 Å². The van der Waals surface area contributed by atoms with E-state index in [9.17, 15) is 8.42 Å². The zero-order valence-electron chi connectivity index (χ0n) is 15.2. The molecule has 1 aliphatic heterocycles. The van der Waals surface area contributed by atoms with Crippen LogP contribution in [0.1, 0.15) is 51.1 Å². The fourth-order valence-corrected chi connectivity index (χ4v) is 4.82. The molecule has 1 heterocycles. The maximum atomic E-state index is 13.1. The van der Waals surface area contributed by atoms with E-state index in [2.05, 4.69) is 13.8 Å². The van der Waals surface area contributed by atoms with Gasteiger partial charge in [-0.2, -0.15) is 17.0 Å². The van der Waals surface area contributed by atoms with Crippen LogP contribution in [0.3, 0.4) is 0 Å². The average Bonchev–Trinajstić information content (AvgIpc) is 2.59. The minimum Gasteiger partial charge on any atom is -0.497 e. The van der Waals surface area contributed by atoms with Crippen molar-refractivity contribution in [1.29, 1.82) is 0 Å². The molecule has 1 fully saturated rings. The molecule has 0 bridgehead atoms. The molecular weight excluding hydrogens is 324 g/mol. The van der Waals surface area contributed by atoms with E-state index in [1.54, 1.807) is 22.8 Å². The summed E-state index contributed by atoms with van der Waals surface area (Å²) < 4.78 is 34.6. The summed E-state index contributed by atoms with van der Waals surface area (Å²) in [4.78, 5) is 0. The smallest absolute Gasteiger partial charge is 0.282 e. The molecule has 1 unspecified atom stereocenters. The van der Waals surface area contributed by atoms with Crippen molar-refractivity contribution >= 4 is 10.2 Å². The van der Waals surface area contributed by atoms with Crippen molar-refractivity contribution in [2.75, 3.05) is 27.2 Å². The van der Waals surface area contributed by atoms with E-state index < -0.39 is 10.2 Å². The number of methoxy groups -OCH3 is 1. The van der Waals surface area contributed by atoms with Crippen LogP contribution in [0.2, 0.25) is 0 Å². The second-order valence-electron chi connectivity index (χ2n) is 6.69. The lowest BCUT2D eigenvalue weighted by molar-refractivity contribution is 0.254. The van der Waals surface area contributed by atoms with E-state index in [4.69, 9.17) is 4.74 Å². The highest BCUT2D eigenvalue weighted by molar-refractivity contribution is 7.86. The van der Waals surface area contributed by atoms with Crippen LogP contribution >= 0.6 is 0 Å². The van der Waals surface area contributed by atoms with Crippen LogP contribution in [0, 0.1) is 5.92 Å². The third-order valence-electron chi connectivity index (χ3n) is 4.91. The van der Waals surface area contributed by atoms with Crippen LogP contribution in [-0.2, 0) is 10.2 Å². The van der Waals surface area contributed by atoms with Crippen molar-refractivity contribution in [3.05, 3.63) is 29.8 Å². The van der Waals surface area contributed by atoms with Gasteiger partial charge in [0, 0.05) is 20.1 Å². The molecule has 0 aromatic heterocycles. The van der Waals surface area contributed by atoms with Crippen molar-refractivity contribution in [3.63, 3.8) is 0 Å². The van der Waals surface area contributed by atoms with Crippen molar-refractivity contribution in [2.24, 2.45) is 5.92 Å². The maximum absolute atomic E-state index is 13.1. The van der Waals surface area contributed by atoms with Crippen molar-refractivity contribution in [3.8, 4) is 5.75 Å². The summed E-state index contributed by atoms with van der Waals surface area (Å²) in [5.41, 5.74) is 0.979. The SMILES string of the molecule is CCCC(c1cccc(OC)c1)N(C)S(=O)(=O)N1CCC(C)CC1. The molecule has 2 rings (SSSR count). The number of hydrogen-bond donors (Lipinski definition) is 0. The predicted molar refractivity (Wildman–Crippen MR) is 97.3 cm³/mol. The Hall–Kier alpha value is -1.11. The van der Waals surface area contributed by atoms with Gasteiger partial charge in [-0.1, -0.05) is 32.4 Å². The fraction of sp³-hybridized carbons (Fsp3) is 0.667. The molecule has 6 heteroatoms. The van der Waals surface area contributed by atoms with Gasteiger partial charge in [0.05, 0.1) is 13.2 Å².